The summed E-state index contributed by atoms with van der Waals surface area (Å²) in [5, 5.41) is 7.85. The van der Waals surface area contributed by atoms with Gasteiger partial charge in [-0.3, -0.25) is 9.63 Å². The molecular formula is C31H48FN3O3. The second-order valence-corrected chi connectivity index (χ2v) is 13.6. The number of fused-ring (bicyclic) bond motifs is 5. The van der Waals surface area contributed by atoms with Gasteiger partial charge in [0.2, 0.25) is 0 Å². The number of nitrogens with zero attached hydrogens (tertiary/aromatic N) is 2. The zero-order valence-corrected chi connectivity index (χ0v) is 23.9. The molecule has 8 atom stereocenters. The molecule has 0 aromatic rings. The topological polar surface area (TPSA) is 71.0 Å². The molecule has 5 aliphatic rings. The summed E-state index contributed by atoms with van der Waals surface area (Å²) in [6.07, 6.45) is 11.9. The molecule has 0 aromatic carbocycles. The van der Waals surface area contributed by atoms with Gasteiger partial charge in [-0.25, -0.2) is 9.18 Å². The van der Waals surface area contributed by atoms with Crippen molar-refractivity contribution in [1.29, 1.82) is 0 Å². The molecule has 0 aromatic heterocycles. The Balaban J connectivity index is 1.22. The Morgan fingerprint density at radius 1 is 1.16 bits per heavy atom. The smallest absolute Gasteiger partial charge is 0.314 e. The molecular weight excluding hydrogens is 481 g/mol. The molecule has 1 N–H and O–H groups in total. The van der Waals surface area contributed by atoms with Gasteiger partial charge in [-0.15, -0.1) is 0 Å². The van der Waals surface area contributed by atoms with E-state index in [0.29, 0.717) is 54.4 Å². The Bertz CT molecular complexity index is 981. The highest BCUT2D eigenvalue weighted by Crippen LogP contribution is 2.66. The van der Waals surface area contributed by atoms with Gasteiger partial charge in [0.25, 0.3) is 0 Å². The highest BCUT2D eigenvalue weighted by atomic mass is 19.1. The van der Waals surface area contributed by atoms with Gasteiger partial charge in [0.15, 0.2) is 5.78 Å². The molecule has 4 aliphatic carbocycles. The summed E-state index contributed by atoms with van der Waals surface area (Å²) in [6.45, 7) is 10.0. The van der Waals surface area contributed by atoms with Crippen LogP contribution in [0.25, 0.3) is 0 Å². The first kappa shape index (κ1) is 27.8. The van der Waals surface area contributed by atoms with Crippen LogP contribution in [0.1, 0.15) is 91.9 Å². The summed E-state index contributed by atoms with van der Waals surface area (Å²) in [4.78, 5) is 31.9. The zero-order chi connectivity index (χ0) is 27.1. The highest BCUT2D eigenvalue weighted by molar-refractivity contribution is 5.91. The van der Waals surface area contributed by atoms with E-state index in [1.165, 1.54) is 29.7 Å². The lowest BCUT2D eigenvalue weighted by Gasteiger charge is -2.58. The Kier molecular flexibility index (Phi) is 8.06. The molecule has 0 radical (unpaired) electrons. The molecule has 0 bridgehead atoms. The van der Waals surface area contributed by atoms with Crippen molar-refractivity contribution in [3.05, 3.63) is 11.6 Å². The third kappa shape index (κ3) is 5.09. The van der Waals surface area contributed by atoms with Crippen molar-refractivity contribution >= 4 is 17.6 Å². The van der Waals surface area contributed by atoms with Crippen LogP contribution in [-0.2, 0) is 9.63 Å². The number of oxime groups is 1. The average molecular weight is 530 g/mol. The monoisotopic (exact) mass is 529 g/mol. The third-order valence-electron chi connectivity index (χ3n) is 11.5. The van der Waals surface area contributed by atoms with Gasteiger partial charge in [0, 0.05) is 24.9 Å². The van der Waals surface area contributed by atoms with Crippen molar-refractivity contribution in [3.8, 4) is 0 Å². The molecule has 38 heavy (non-hydrogen) atoms. The maximum absolute atomic E-state index is 13.2. The molecule has 5 rings (SSSR count). The van der Waals surface area contributed by atoms with Gasteiger partial charge in [0.05, 0.1) is 12.3 Å². The Morgan fingerprint density at radius 3 is 2.71 bits per heavy atom. The lowest BCUT2D eigenvalue weighted by atomic mass is 9.46. The lowest BCUT2D eigenvalue weighted by Crippen LogP contribution is -2.51. The number of ketones is 1. The molecule has 212 valence electrons. The van der Waals surface area contributed by atoms with Crippen molar-refractivity contribution in [3.63, 3.8) is 0 Å². The number of rotatable bonds is 7. The van der Waals surface area contributed by atoms with Crippen molar-refractivity contribution in [2.24, 2.45) is 45.6 Å². The van der Waals surface area contributed by atoms with Crippen LogP contribution in [0.5, 0.6) is 0 Å². The minimum absolute atomic E-state index is 0.0444. The number of hydrogen-bond donors (Lipinski definition) is 1. The highest BCUT2D eigenvalue weighted by Gasteiger charge is 2.59. The molecule has 1 heterocycles. The van der Waals surface area contributed by atoms with Gasteiger partial charge in [0.1, 0.15) is 6.67 Å². The van der Waals surface area contributed by atoms with Gasteiger partial charge in [-0.05, 0) is 112 Å². The van der Waals surface area contributed by atoms with E-state index in [1.807, 2.05) is 13.0 Å². The van der Waals surface area contributed by atoms with E-state index in [1.54, 1.807) is 0 Å². The quantitative estimate of drug-likeness (QED) is 0.238. The number of carbonyl (C=O) groups excluding carboxylic acids is 2. The fourth-order valence-corrected chi connectivity index (χ4v) is 9.43. The normalized spacial score (nSPS) is 40.7. The molecule has 6 nitrogen and oxygen atoms in total. The van der Waals surface area contributed by atoms with E-state index in [9.17, 15) is 14.0 Å². The molecule has 3 saturated carbocycles. The third-order valence-corrected chi connectivity index (χ3v) is 11.5. The lowest BCUT2D eigenvalue weighted by molar-refractivity contribution is -0.117. The number of alkyl halides is 1. The summed E-state index contributed by atoms with van der Waals surface area (Å²) in [5.41, 5.74) is 2.65. The Morgan fingerprint density at radius 2 is 1.97 bits per heavy atom. The predicted molar refractivity (Wildman–Crippen MR) is 148 cm³/mol. The Hall–Kier alpha value is -1.76. The average Bonchev–Trinajstić information content (AvgIpc) is 3.47. The molecule has 7 heteroatoms. The molecule has 4 fully saturated rings. The summed E-state index contributed by atoms with van der Waals surface area (Å²) in [6, 6.07) is 0.373. The molecule has 0 spiro atoms. The molecule has 2 unspecified atom stereocenters. The first-order chi connectivity index (χ1) is 18.2. The fraction of sp³-hybridized carbons (Fsp3) is 0.839. The molecule has 1 saturated heterocycles. The van der Waals surface area contributed by atoms with E-state index in [-0.39, 0.29) is 17.4 Å². The van der Waals surface area contributed by atoms with Crippen LogP contribution in [0, 0.1) is 40.4 Å². The number of nitrogens with one attached hydrogen (secondary N) is 1. The van der Waals surface area contributed by atoms with Gasteiger partial charge in [-0.2, -0.15) is 0 Å². The molecule has 1 amide bonds. The first-order valence-corrected chi connectivity index (χ1v) is 15.2. The number of halogens is 1. The van der Waals surface area contributed by atoms with E-state index >= 15 is 0 Å². The Labute approximate surface area is 228 Å². The van der Waals surface area contributed by atoms with Crippen LogP contribution in [0.15, 0.2) is 16.8 Å². The van der Waals surface area contributed by atoms with Crippen molar-refractivity contribution in [2.75, 3.05) is 26.3 Å². The minimum Gasteiger partial charge on any atom is -0.314 e. The van der Waals surface area contributed by atoms with Crippen molar-refractivity contribution in [1.82, 2.24) is 10.2 Å². The van der Waals surface area contributed by atoms with Gasteiger partial charge >= 0.3 is 6.09 Å². The van der Waals surface area contributed by atoms with Crippen LogP contribution in [-0.4, -0.2) is 54.8 Å². The van der Waals surface area contributed by atoms with Gasteiger partial charge < -0.3 is 10.2 Å². The number of carbonyl (C=O) groups is 2. The number of allylic oxidation sites excluding steroid dienone is 1. The zero-order valence-electron chi connectivity index (χ0n) is 23.9. The first-order valence-electron chi connectivity index (χ1n) is 15.2. The van der Waals surface area contributed by atoms with E-state index in [0.717, 1.165) is 50.8 Å². The summed E-state index contributed by atoms with van der Waals surface area (Å²) < 4.78 is 13.2. The SMILES string of the molecule is C/C(=N\OC(=O)N(CCF)CCC1CC(C)CN1)[C@H]1CC[C@H]2[C@@H]3CCC4=CC(=O)CC[C@]4(C)[C@H]3CC[C@]12C. The van der Waals surface area contributed by atoms with Crippen molar-refractivity contribution in [2.45, 2.75) is 97.9 Å². The van der Waals surface area contributed by atoms with Gasteiger partial charge in [-0.1, -0.05) is 31.5 Å². The maximum atomic E-state index is 13.2. The minimum atomic E-state index is -0.582. The van der Waals surface area contributed by atoms with Crippen LogP contribution in [0.4, 0.5) is 9.18 Å². The van der Waals surface area contributed by atoms with E-state index in [4.69, 9.17) is 4.84 Å². The molecule has 1 aliphatic heterocycles. The maximum Gasteiger partial charge on any atom is 0.436 e. The van der Waals surface area contributed by atoms with E-state index < -0.39 is 12.8 Å². The van der Waals surface area contributed by atoms with Crippen LogP contribution in [0.3, 0.4) is 0 Å². The van der Waals surface area contributed by atoms with E-state index in [2.05, 4.69) is 31.2 Å². The van der Waals surface area contributed by atoms with Crippen LogP contribution >= 0.6 is 0 Å². The predicted octanol–water partition coefficient (Wildman–Crippen LogP) is 6.31. The standard InChI is InChI=1S/C31H48FN3O3/c1-20-17-23(33-19-20)11-15-35(16-14-32)29(37)38-34-21(2)26-7-8-27-25-6-5-22-18-24(36)9-12-30(22,3)28(25)10-13-31(26,27)4/h18,20,23,25-28,33H,5-17,19H2,1-4H3/b34-21+/t20?,23?,25-,26+,27-,28-,30-,31+/m0/s1. The van der Waals surface area contributed by atoms with Crippen LogP contribution in [0.2, 0.25) is 0 Å². The second kappa shape index (κ2) is 11.0. The fourth-order valence-electron chi connectivity index (χ4n) is 9.43. The number of amides is 1. The van der Waals surface area contributed by atoms with Crippen LogP contribution < -0.4 is 5.32 Å². The number of hydrogen-bond acceptors (Lipinski definition) is 5. The summed E-state index contributed by atoms with van der Waals surface area (Å²) in [7, 11) is 0. The largest absolute Gasteiger partial charge is 0.436 e. The second-order valence-electron chi connectivity index (χ2n) is 13.6. The van der Waals surface area contributed by atoms with Crippen molar-refractivity contribution < 1.29 is 18.8 Å². The summed E-state index contributed by atoms with van der Waals surface area (Å²) in [5.74, 6) is 3.26. The summed E-state index contributed by atoms with van der Waals surface area (Å²) >= 11 is 0.